The van der Waals surface area contributed by atoms with Gasteiger partial charge in [-0.25, -0.2) is 17.2 Å². The molecule has 0 saturated carbocycles. The molecule has 0 aliphatic rings. The molecule has 0 bridgehead atoms. The second-order valence-corrected chi connectivity index (χ2v) is 5.86. The van der Waals surface area contributed by atoms with E-state index in [1.165, 1.54) is 12.1 Å². The van der Waals surface area contributed by atoms with E-state index in [-0.39, 0.29) is 12.3 Å². The first-order chi connectivity index (χ1) is 8.92. The van der Waals surface area contributed by atoms with Gasteiger partial charge in [-0.1, -0.05) is 0 Å². The molecule has 2 N–H and O–H groups in total. The first-order valence-electron chi connectivity index (χ1n) is 5.38. The van der Waals surface area contributed by atoms with Crippen LogP contribution in [-0.2, 0) is 22.1 Å². The van der Waals surface area contributed by atoms with Crippen LogP contribution >= 0.6 is 0 Å². The molecular weight excluding hydrogens is 276 g/mol. The Bertz CT molecular complexity index is 695. The molecule has 0 amide bonds. The van der Waals surface area contributed by atoms with Crippen LogP contribution < -0.4 is 5.73 Å². The van der Waals surface area contributed by atoms with Gasteiger partial charge in [0.15, 0.2) is 9.84 Å². The van der Waals surface area contributed by atoms with E-state index in [0.29, 0.717) is 11.8 Å². The summed E-state index contributed by atoms with van der Waals surface area (Å²) in [6, 6.07) is 5.25. The average Bonchev–Trinajstić information content (AvgIpc) is 2.79. The number of benzene rings is 1. The van der Waals surface area contributed by atoms with Gasteiger partial charge in [0.25, 0.3) is 0 Å². The lowest BCUT2D eigenvalue weighted by Gasteiger charge is -2.04. The van der Waals surface area contributed by atoms with Gasteiger partial charge in [0.2, 0.25) is 0 Å². The van der Waals surface area contributed by atoms with Gasteiger partial charge >= 0.3 is 0 Å². The molecule has 0 saturated heterocycles. The lowest BCUT2D eigenvalue weighted by molar-refractivity contribution is 0.476. The number of hydrogen-bond donors (Lipinski definition) is 1. The minimum absolute atomic E-state index is 0.129. The molecule has 2 aromatic rings. The van der Waals surface area contributed by atoms with Crippen LogP contribution in [0.15, 0.2) is 39.6 Å². The molecule has 0 aliphatic heterocycles. The Morgan fingerprint density at radius 1 is 1.11 bits per heavy atom. The Kier molecular flexibility index (Phi) is 3.68. The van der Waals surface area contributed by atoms with Crippen molar-refractivity contribution in [2.24, 2.45) is 5.73 Å². The van der Waals surface area contributed by atoms with Gasteiger partial charge in [0.05, 0.1) is 6.54 Å². The summed E-state index contributed by atoms with van der Waals surface area (Å²) >= 11 is 0. The quantitative estimate of drug-likeness (QED) is 0.933. The van der Waals surface area contributed by atoms with Crippen LogP contribution in [0.5, 0.6) is 0 Å². The minimum Gasteiger partial charge on any atom is -0.464 e. The highest BCUT2D eigenvalue weighted by Crippen LogP contribution is 2.21. The Labute approximate surface area is 108 Å². The van der Waals surface area contributed by atoms with E-state index in [1.54, 1.807) is 0 Å². The Morgan fingerprint density at radius 2 is 1.79 bits per heavy atom. The number of hydrogen-bond acceptors (Lipinski definition) is 4. The Hall–Kier alpha value is -1.73. The maximum atomic E-state index is 13.4. The summed E-state index contributed by atoms with van der Waals surface area (Å²) in [5.74, 6) is -1.81. The zero-order chi connectivity index (χ0) is 14.0. The van der Waals surface area contributed by atoms with Gasteiger partial charge in [-0.05, 0) is 30.3 Å². The number of furan rings is 1. The van der Waals surface area contributed by atoms with Gasteiger partial charge in [-0.3, -0.25) is 0 Å². The molecule has 1 aromatic carbocycles. The zero-order valence-electron chi connectivity index (χ0n) is 9.77. The third-order valence-corrected chi connectivity index (χ3v) is 4.13. The minimum atomic E-state index is -4.01. The van der Waals surface area contributed by atoms with Crippen molar-refractivity contribution in [3.8, 4) is 0 Å². The highest BCUT2D eigenvalue weighted by molar-refractivity contribution is 7.90. The van der Waals surface area contributed by atoms with Crippen molar-refractivity contribution < 1.29 is 21.6 Å². The van der Waals surface area contributed by atoms with Gasteiger partial charge in [-0.2, -0.15) is 0 Å². The normalized spacial score (nSPS) is 11.7. The maximum Gasteiger partial charge on any atom is 0.188 e. The molecular formula is C12H11F2NO3S. The third-order valence-electron chi connectivity index (χ3n) is 2.48. The van der Waals surface area contributed by atoms with E-state index in [4.69, 9.17) is 10.2 Å². The standard InChI is InChI=1S/C12H11F2NO3S/c13-8-1-4-11(14)12(5-8)19(16,17)7-10-3-2-9(6-15)18-10/h1-5H,6-7,15H2. The van der Waals surface area contributed by atoms with Crippen molar-refractivity contribution in [1.29, 1.82) is 0 Å². The highest BCUT2D eigenvalue weighted by Gasteiger charge is 2.22. The number of rotatable bonds is 4. The summed E-state index contributed by atoms with van der Waals surface area (Å²) in [5, 5.41) is 0. The predicted molar refractivity (Wildman–Crippen MR) is 63.8 cm³/mol. The summed E-state index contributed by atoms with van der Waals surface area (Å²) in [7, 11) is -4.01. The van der Waals surface area contributed by atoms with E-state index < -0.39 is 32.1 Å². The van der Waals surface area contributed by atoms with Crippen LogP contribution in [0.2, 0.25) is 0 Å². The van der Waals surface area contributed by atoms with Gasteiger partial charge in [-0.15, -0.1) is 0 Å². The van der Waals surface area contributed by atoms with Gasteiger partial charge in [0.1, 0.15) is 33.8 Å². The highest BCUT2D eigenvalue weighted by atomic mass is 32.2. The maximum absolute atomic E-state index is 13.4. The third kappa shape index (κ3) is 2.99. The molecule has 4 nitrogen and oxygen atoms in total. The van der Waals surface area contributed by atoms with E-state index >= 15 is 0 Å². The molecule has 1 heterocycles. The lowest BCUT2D eigenvalue weighted by atomic mass is 10.3. The Morgan fingerprint density at radius 3 is 2.42 bits per heavy atom. The topological polar surface area (TPSA) is 73.3 Å². The van der Waals surface area contributed by atoms with E-state index in [9.17, 15) is 17.2 Å². The smallest absolute Gasteiger partial charge is 0.188 e. The largest absolute Gasteiger partial charge is 0.464 e. The van der Waals surface area contributed by atoms with Crippen molar-refractivity contribution in [1.82, 2.24) is 0 Å². The second kappa shape index (κ2) is 5.10. The summed E-state index contributed by atoms with van der Waals surface area (Å²) < 4.78 is 55.5. The molecule has 0 aliphatic carbocycles. The number of sulfone groups is 1. The molecule has 1 aromatic heterocycles. The van der Waals surface area contributed by atoms with Crippen LogP contribution in [0.25, 0.3) is 0 Å². The zero-order valence-corrected chi connectivity index (χ0v) is 10.6. The number of halogens is 2. The fourth-order valence-corrected chi connectivity index (χ4v) is 2.93. The molecule has 0 fully saturated rings. The molecule has 102 valence electrons. The summed E-state index contributed by atoms with van der Waals surface area (Å²) in [6.07, 6.45) is 0. The second-order valence-electron chi connectivity index (χ2n) is 3.91. The van der Waals surface area contributed by atoms with Crippen LogP contribution in [0.3, 0.4) is 0 Å². The van der Waals surface area contributed by atoms with E-state index in [0.717, 1.165) is 12.1 Å². The van der Waals surface area contributed by atoms with Crippen LogP contribution in [0.4, 0.5) is 8.78 Å². The lowest BCUT2D eigenvalue weighted by Crippen LogP contribution is -2.07. The fraction of sp³-hybridized carbons (Fsp3) is 0.167. The van der Waals surface area contributed by atoms with Crippen molar-refractivity contribution in [2.75, 3.05) is 0 Å². The van der Waals surface area contributed by atoms with Gasteiger partial charge < -0.3 is 10.2 Å². The fourth-order valence-electron chi connectivity index (χ4n) is 1.59. The molecule has 2 rings (SSSR count). The molecule has 19 heavy (non-hydrogen) atoms. The van der Waals surface area contributed by atoms with Crippen molar-refractivity contribution in [3.63, 3.8) is 0 Å². The molecule has 0 atom stereocenters. The Balaban J connectivity index is 2.34. The van der Waals surface area contributed by atoms with Crippen molar-refractivity contribution in [2.45, 2.75) is 17.2 Å². The summed E-state index contributed by atoms with van der Waals surface area (Å²) in [5.41, 5.74) is 5.33. The van der Waals surface area contributed by atoms with E-state index in [2.05, 4.69) is 0 Å². The molecule has 7 heteroatoms. The SMILES string of the molecule is NCc1ccc(CS(=O)(=O)c2cc(F)ccc2F)o1. The van der Waals surface area contributed by atoms with Crippen molar-refractivity contribution >= 4 is 9.84 Å². The van der Waals surface area contributed by atoms with Crippen molar-refractivity contribution in [3.05, 3.63) is 53.5 Å². The predicted octanol–water partition coefficient (Wildman–Crippen LogP) is 1.99. The molecule has 0 radical (unpaired) electrons. The molecule has 0 spiro atoms. The first kappa shape index (κ1) is 13.7. The number of nitrogens with two attached hydrogens (primary N) is 1. The monoisotopic (exact) mass is 287 g/mol. The van der Waals surface area contributed by atoms with Crippen LogP contribution in [0.1, 0.15) is 11.5 Å². The average molecular weight is 287 g/mol. The summed E-state index contributed by atoms with van der Waals surface area (Å²) in [4.78, 5) is -0.682. The molecule has 0 unspecified atom stereocenters. The summed E-state index contributed by atoms with van der Waals surface area (Å²) in [6.45, 7) is 0.133. The first-order valence-corrected chi connectivity index (χ1v) is 7.03. The van der Waals surface area contributed by atoms with Gasteiger partial charge in [0, 0.05) is 0 Å². The van der Waals surface area contributed by atoms with E-state index in [1.807, 2.05) is 0 Å². The van der Waals surface area contributed by atoms with Crippen LogP contribution in [-0.4, -0.2) is 8.42 Å². The van der Waals surface area contributed by atoms with Crippen LogP contribution in [0, 0.1) is 11.6 Å².